The fourth-order valence-corrected chi connectivity index (χ4v) is 11.2. The highest BCUT2D eigenvalue weighted by Gasteiger charge is 2.67. The van der Waals surface area contributed by atoms with Crippen LogP contribution in [-0.4, -0.2) is 62.4 Å². The van der Waals surface area contributed by atoms with E-state index in [0.29, 0.717) is 39.0 Å². The first-order valence-electron chi connectivity index (χ1n) is 14.0. The molecule has 39 heavy (non-hydrogen) atoms. The zero-order chi connectivity index (χ0) is 28.3. The van der Waals surface area contributed by atoms with Crippen molar-refractivity contribution in [3.63, 3.8) is 0 Å². The van der Waals surface area contributed by atoms with Crippen LogP contribution in [0.15, 0.2) is 65.8 Å². The van der Waals surface area contributed by atoms with Crippen LogP contribution in [0.5, 0.6) is 0 Å². The monoisotopic (exact) mass is 550 g/mol. The molecule has 210 valence electrons. The topological polar surface area (TPSA) is 100 Å². The summed E-state index contributed by atoms with van der Waals surface area (Å²) in [4.78, 5) is 18.1. The van der Waals surface area contributed by atoms with Gasteiger partial charge in [0, 0.05) is 18.0 Å². The van der Waals surface area contributed by atoms with Gasteiger partial charge in [0.15, 0.2) is 5.60 Å². The Morgan fingerprint density at radius 1 is 1.10 bits per heavy atom. The Morgan fingerprint density at radius 2 is 1.67 bits per heavy atom. The van der Waals surface area contributed by atoms with Gasteiger partial charge in [-0.2, -0.15) is 0 Å². The molecule has 2 saturated heterocycles. The van der Waals surface area contributed by atoms with Crippen LogP contribution in [0.3, 0.4) is 0 Å². The van der Waals surface area contributed by atoms with Gasteiger partial charge in [0.2, 0.25) is 0 Å². The number of ether oxygens (including phenoxy) is 2. The van der Waals surface area contributed by atoms with Gasteiger partial charge in [0.1, 0.15) is 11.6 Å². The summed E-state index contributed by atoms with van der Waals surface area (Å²) < 4.78 is 19.8. The summed E-state index contributed by atoms with van der Waals surface area (Å²) in [6, 6.07) is 20.8. The van der Waals surface area contributed by atoms with E-state index in [1.807, 2.05) is 24.0 Å². The van der Waals surface area contributed by atoms with Crippen LogP contribution >= 0.6 is 0 Å². The molecule has 2 heterocycles. The average Bonchev–Trinajstić information content (AvgIpc) is 3.59. The van der Waals surface area contributed by atoms with E-state index in [0.717, 1.165) is 0 Å². The molecule has 0 spiro atoms. The second kappa shape index (κ2) is 11.3. The number of epoxide rings is 1. The predicted molar refractivity (Wildman–Crippen MR) is 156 cm³/mol. The van der Waals surface area contributed by atoms with E-state index >= 15 is 0 Å². The van der Waals surface area contributed by atoms with Gasteiger partial charge in [-0.3, -0.25) is 4.90 Å². The van der Waals surface area contributed by atoms with Crippen LogP contribution in [0.1, 0.15) is 60.8 Å². The number of unbranched alkanes of at least 4 members (excludes halogenated alkanes) is 1. The van der Waals surface area contributed by atoms with Gasteiger partial charge in [-0.15, -0.1) is 0 Å². The molecule has 8 nitrogen and oxygen atoms in total. The standard InChI is InChI=1S/C30H42N4O4Si/c1-7-25(30(6)26(29(5)22-36-29)34(27(35)37-30)21-15-14-20-32-33-31)38-39(28(2,3)4,23-16-10-8-11-17-23)24-18-12-9-13-19-24/h8-13,16-19,25-26H,7,14-15,20-22H2,1-6H3/t25-,26-,29+,30-/m1/s1. The lowest BCUT2D eigenvalue weighted by atomic mass is 9.81. The summed E-state index contributed by atoms with van der Waals surface area (Å²) in [6.45, 7) is 14.4. The Morgan fingerprint density at radius 3 is 2.13 bits per heavy atom. The van der Waals surface area contributed by atoms with Gasteiger partial charge in [0.25, 0.3) is 8.32 Å². The van der Waals surface area contributed by atoms with E-state index in [-0.39, 0.29) is 23.3 Å². The zero-order valence-corrected chi connectivity index (χ0v) is 25.1. The Hall–Kier alpha value is -2.84. The number of carbonyl (C=O) groups is 1. The van der Waals surface area contributed by atoms with Crippen molar-refractivity contribution in [2.45, 2.75) is 89.2 Å². The number of azide groups is 1. The largest absolute Gasteiger partial charge is 0.438 e. The van der Waals surface area contributed by atoms with Crippen molar-refractivity contribution in [2.24, 2.45) is 5.11 Å². The number of hydrogen-bond acceptors (Lipinski definition) is 5. The van der Waals surface area contributed by atoms with Gasteiger partial charge in [-0.1, -0.05) is 93.5 Å². The number of rotatable bonds is 12. The Labute approximate surface area is 233 Å². The van der Waals surface area contributed by atoms with Crippen LogP contribution in [0.2, 0.25) is 5.04 Å². The molecule has 2 aromatic rings. The minimum atomic E-state index is -2.90. The molecule has 0 N–H and O–H groups in total. The third-order valence-electron chi connectivity index (χ3n) is 8.29. The summed E-state index contributed by atoms with van der Waals surface area (Å²) in [6.07, 6.45) is 1.37. The van der Waals surface area contributed by atoms with Crippen LogP contribution < -0.4 is 10.4 Å². The quantitative estimate of drug-likeness (QED) is 0.0832. The van der Waals surface area contributed by atoms with Crippen molar-refractivity contribution in [2.75, 3.05) is 19.7 Å². The lowest BCUT2D eigenvalue weighted by Gasteiger charge is -2.49. The van der Waals surface area contributed by atoms with Crippen LogP contribution in [0, 0.1) is 0 Å². The van der Waals surface area contributed by atoms with Gasteiger partial charge in [0.05, 0.1) is 12.7 Å². The van der Waals surface area contributed by atoms with E-state index in [1.54, 1.807) is 0 Å². The summed E-state index contributed by atoms with van der Waals surface area (Å²) in [7, 11) is -2.90. The minimum Gasteiger partial charge on any atom is -0.438 e. The molecule has 1 amide bonds. The number of nitrogens with zero attached hydrogens (tertiary/aromatic N) is 4. The maximum Gasteiger partial charge on any atom is 0.410 e. The Kier molecular flexibility index (Phi) is 8.47. The predicted octanol–water partition coefficient (Wildman–Crippen LogP) is 5.80. The fourth-order valence-electron chi connectivity index (χ4n) is 6.41. The maximum atomic E-state index is 13.4. The summed E-state index contributed by atoms with van der Waals surface area (Å²) in [5.41, 5.74) is 7.17. The Bertz CT molecular complexity index is 1140. The van der Waals surface area contributed by atoms with Crippen molar-refractivity contribution >= 4 is 24.8 Å². The number of amides is 1. The summed E-state index contributed by atoms with van der Waals surface area (Å²) in [5, 5.41) is 5.80. The number of carbonyl (C=O) groups excluding carboxylic acids is 1. The highest BCUT2D eigenvalue weighted by atomic mass is 28.4. The first kappa shape index (κ1) is 29.1. The highest BCUT2D eigenvalue weighted by molar-refractivity contribution is 6.99. The molecule has 2 aliphatic heterocycles. The summed E-state index contributed by atoms with van der Waals surface area (Å²) in [5.74, 6) is 0. The second-order valence-electron chi connectivity index (χ2n) is 12.1. The van der Waals surface area contributed by atoms with Crippen LogP contribution in [-0.2, 0) is 13.9 Å². The second-order valence-corrected chi connectivity index (χ2v) is 16.3. The summed E-state index contributed by atoms with van der Waals surface area (Å²) >= 11 is 0. The molecule has 0 saturated carbocycles. The molecule has 0 bridgehead atoms. The molecule has 2 fully saturated rings. The molecule has 4 atom stereocenters. The van der Waals surface area contributed by atoms with Crippen molar-refractivity contribution in [3.8, 4) is 0 Å². The molecular formula is C30H42N4O4Si. The van der Waals surface area contributed by atoms with Crippen LogP contribution in [0.4, 0.5) is 4.79 Å². The first-order valence-corrected chi connectivity index (χ1v) is 15.9. The molecule has 0 aromatic heterocycles. The third-order valence-corrected chi connectivity index (χ3v) is 13.3. The molecule has 0 unspecified atom stereocenters. The van der Waals surface area contributed by atoms with Crippen molar-refractivity contribution in [1.82, 2.24) is 4.90 Å². The third kappa shape index (κ3) is 5.46. The van der Waals surface area contributed by atoms with E-state index < -0.39 is 19.5 Å². The van der Waals surface area contributed by atoms with E-state index in [2.05, 4.69) is 93.2 Å². The first-order chi connectivity index (χ1) is 18.5. The normalized spacial score (nSPS) is 25.6. The fraction of sp³-hybridized carbons (Fsp3) is 0.567. The zero-order valence-electron chi connectivity index (χ0n) is 24.1. The van der Waals surface area contributed by atoms with Crippen molar-refractivity contribution in [1.29, 1.82) is 0 Å². The molecule has 0 aliphatic carbocycles. The van der Waals surface area contributed by atoms with Gasteiger partial charge in [-0.25, -0.2) is 4.79 Å². The van der Waals surface area contributed by atoms with Gasteiger partial charge >= 0.3 is 6.09 Å². The maximum absolute atomic E-state index is 13.4. The number of cyclic esters (lactones) is 1. The molecule has 2 aliphatic rings. The molecule has 2 aromatic carbocycles. The average molecular weight is 551 g/mol. The molecule has 4 rings (SSSR count). The SMILES string of the molecule is CC[C@@H](O[Si](c1ccccc1)(c1ccccc1)C(C)(C)C)[C@@]1(C)OC(=O)N(CCCCN=[N+]=[N-])[C@@H]1[C@]1(C)CO1. The molecule has 9 heteroatoms. The van der Waals surface area contributed by atoms with Crippen LogP contribution in [0.25, 0.3) is 10.4 Å². The lowest BCUT2D eigenvalue weighted by molar-refractivity contribution is -0.0666. The number of hydrogen-bond donors (Lipinski definition) is 0. The van der Waals surface area contributed by atoms with Gasteiger partial charge in [-0.05, 0) is 54.1 Å². The van der Waals surface area contributed by atoms with E-state index in [4.69, 9.17) is 19.4 Å². The van der Waals surface area contributed by atoms with Crippen molar-refractivity contribution in [3.05, 3.63) is 71.1 Å². The van der Waals surface area contributed by atoms with Crippen molar-refractivity contribution < 1.29 is 18.7 Å². The van der Waals surface area contributed by atoms with E-state index in [9.17, 15) is 4.79 Å². The van der Waals surface area contributed by atoms with E-state index in [1.165, 1.54) is 10.4 Å². The number of benzene rings is 2. The highest BCUT2D eigenvalue weighted by Crippen LogP contribution is 2.49. The Balaban J connectivity index is 1.77. The van der Waals surface area contributed by atoms with Gasteiger partial charge < -0.3 is 13.9 Å². The molecule has 0 radical (unpaired) electrons. The molecular weight excluding hydrogens is 508 g/mol. The smallest absolute Gasteiger partial charge is 0.410 e. The lowest BCUT2D eigenvalue weighted by Crippen LogP contribution is -2.70. The minimum absolute atomic E-state index is 0.210.